The van der Waals surface area contributed by atoms with E-state index in [0.29, 0.717) is 18.9 Å². The molecule has 1 N–H and O–H groups in total. The molecular formula is C12H19N3O2. The van der Waals surface area contributed by atoms with Gasteiger partial charge in [-0.05, 0) is 19.3 Å². The Kier molecular flexibility index (Phi) is 3.78. The fourth-order valence-corrected chi connectivity index (χ4v) is 2.03. The Bertz CT molecular complexity index is 383. The second-order valence-electron chi connectivity index (χ2n) is 4.70. The number of amides is 1. The van der Waals surface area contributed by atoms with E-state index in [0.717, 1.165) is 30.9 Å². The van der Waals surface area contributed by atoms with Crippen molar-refractivity contribution in [3.63, 3.8) is 0 Å². The summed E-state index contributed by atoms with van der Waals surface area (Å²) in [5.41, 5.74) is 2.09. The maximum absolute atomic E-state index is 12.0. The lowest BCUT2D eigenvalue weighted by atomic mass is 10.0. The minimum absolute atomic E-state index is 0.182. The first kappa shape index (κ1) is 12.1. The molecule has 1 saturated heterocycles. The van der Waals surface area contributed by atoms with E-state index in [2.05, 4.69) is 10.2 Å². The van der Waals surface area contributed by atoms with Crippen LogP contribution in [0.2, 0.25) is 0 Å². The van der Waals surface area contributed by atoms with Crippen molar-refractivity contribution in [1.82, 2.24) is 15.1 Å². The Balaban J connectivity index is 1.84. The summed E-state index contributed by atoms with van der Waals surface area (Å²) in [5, 5.41) is 6.83. The van der Waals surface area contributed by atoms with Gasteiger partial charge in [0.1, 0.15) is 0 Å². The lowest BCUT2D eigenvalue weighted by Crippen LogP contribution is -2.28. The Hall–Kier alpha value is -1.36. The van der Waals surface area contributed by atoms with Gasteiger partial charge in [-0.15, -0.1) is 0 Å². The predicted molar refractivity (Wildman–Crippen MR) is 63.3 cm³/mol. The summed E-state index contributed by atoms with van der Waals surface area (Å²) in [4.78, 5) is 13.7. The highest BCUT2D eigenvalue weighted by Crippen LogP contribution is 2.18. The van der Waals surface area contributed by atoms with E-state index in [1.54, 1.807) is 11.1 Å². The molecule has 0 spiro atoms. The maximum Gasteiger partial charge on any atom is 0.222 e. The number of hydrogen-bond donors (Lipinski definition) is 1. The van der Waals surface area contributed by atoms with Crippen LogP contribution in [0, 0.1) is 12.8 Å². The lowest BCUT2D eigenvalue weighted by molar-refractivity contribution is -0.131. The highest BCUT2D eigenvalue weighted by Gasteiger charge is 2.21. The van der Waals surface area contributed by atoms with E-state index in [9.17, 15) is 4.79 Å². The molecule has 0 unspecified atom stereocenters. The summed E-state index contributed by atoms with van der Waals surface area (Å²) in [5.74, 6) is 0.580. The molecule has 0 radical (unpaired) electrons. The quantitative estimate of drug-likeness (QED) is 0.853. The molecule has 0 aromatic carbocycles. The Labute approximate surface area is 101 Å². The van der Waals surface area contributed by atoms with Gasteiger partial charge in [-0.3, -0.25) is 9.89 Å². The molecule has 1 aromatic rings. The van der Waals surface area contributed by atoms with Crippen LogP contribution in [0.15, 0.2) is 6.20 Å². The molecule has 1 atom stereocenters. The van der Waals surface area contributed by atoms with Crippen LogP contribution in [-0.4, -0.2) is 41.3 Å². The van der Waals surface area contributed by atoms with Gasteiger partial charge in [0, 0.05) is 44.5 Å². The molecule has 1 amide bonds. The van der Waals surface area contributed by atoms with Crippen LogP contribution < -0.4 is 0 Å². The molecule has 0 saturated carbocycles. The molecule has 1 aliphatic heterocycles. The Morgan fingerprint density at radius 1 is 1.71 bits per heavy atom. The number of aromatic nitrogens is 2. The molecule has 94 valence electrons. The fourth-order valence-electron chi connectivity index (χ4n) is 2.03. The summed E-state index contributed by atoms with van der Waals surface area (Å²) in [6.07, 6.45) is 3.37. The second kappa shape index (κ2) is 5.31. The molecule has 17 heavy (non-hydrogen) atoms. The number of aromatic amines is 1. The van der Waals surface area contributed by atoms with E-state index in [1.165, 1.54) is 0 Å². The minimum atomic E-state index is 0.182. The van der Waals surface area contributed by atoms with Crippen molar-refractivity contribution in [2.75, 3.05) is 20.3 Å². The van der Waals surface area contributed by atoms with Gasteiger partial charge in [-0.25, -0.2) is 0 Å². The van der Waals surface area contributed by atoms with Gasteiger partial charge >= 0.3 is 0 Å². The van der Waals surface area contributed by atoms with Crippen LogP contribution >= 0.6 is 0 Å². The van der Waals surface area contributed by atoms with Crippen molar-refractivity contribution in [1.29, 1.82) is 0 Å². The largest absolute Gasteiger partial charge is 0.381 e. The first-order chi connectivity index (χ1) is 8.16. The van der Waals surface area contributed by atoms with Crippen LogP contribution in [-0.2, 0) is 16.1 Å². The van der Waals surface area contributed by atoms with E-state index in [1.807, 2.05) is 14.0 Å². The number of aryl methyl sites for hydroxylation is 1. The molecule has 0 aliphatic carbocycles. The molecular weight excluding hydrogens is 218 g/mol. The molecule has 1 aromatic heterocycles. The van der Waals surface area contributed by atoms with Gasteiger partial charge in [0.25, 0.3) is 0 Å². The zero-order valence-corrected chi connectivity index (χ0v) is 10.4. The van der Waals surface area contributed by atoms with E-state index >= 15 is 0 Å². The number of rotatable bonds is 4. The van der Waals surface area contributed by atoms with Crippen molar-refractivity contribution in [2.24, 2.45) is 5.92 Å². The monoisotopic (exact) mass is 237 g/mol. The smallest absolute Gasteiger partial charge is 0.222 e. The fraction of sp³-hybridized carbons (Fsp3) is 0.667. The summed E-state index contributed by atoms with van der Waals surface area (Å²) < 4.78 is 5.28. The van der Waals surface area contributed by atoms with Crippen LogP contribution in [0.5, 0.6) is 0 Å². The molecule has 5 heteroatoms. The zero-order valence-electron chi connectivity index (χ0n) is 10.4. The highest BCUT2D eigenvalue weighted by atomic mass is 16.5. The van der Waals surface area contributed by atoms with E-state index in [-0.39, 0.29) is 5.91 Å². The van der Waals surface area contributed by atoms with Gasteiger partial charge in [0.15, 0.2) is 0 Å². The van der Waals surface area contributed by atoms with Crippen LogP contribution in [0.3, 0.4) is 0 Å². The van der Waals surface area contributed by atoms with Crippen molar-refractivity contribution in [2.45, 2.75) is 26.3 Å². The van der Waals surface area contributed by atoms with E-state index < -0.39 is 0 Å². The molecule has 2 heterocycles. The number of nitrogens with one attached hydrogen (secondary N) is 1. The molecule has 1 fully saturated rings. The normalized spacial score (nSPS) is 19.5. The molecule has 5 nitrogen and oxygen atoms in total. The zero-order chi connectivity index (χ0) is 12.3. The third-order valence-corrected chi connectivity index (χ3v) is 3.25. The topological polar surface area (TPSA) is 58.2 Å². The first-order valence-corrected chi connectivity index (χ1v) is 5.97. The first-order valence-electron chi connectivity index (χ1n) is 5.97. The van der Waals surface area contributed by atoms with Gasteiger partial charge < -0.3 is 9.64 Å². The van der Waals surface area contributed by atoms with Crippen LogP contribution in [0.1, 0.15) is 24.1 Å². The Morgan fingerprint density at radius 3 is 3.12 bits per heavy atom. The third-order valence-electron chi connectivity index (χ3n) is 3.25. The molecule has 0 bridgehead atoms. The summed E-state index contributed by atoms with van der Waals surface area (Å²) >= 11 is 0. The van der Waals surface area contributed by atoms with Crippen molar-refractivity contribution in [3.8, 4) is 0 Å². The van der Waals surface area contributed by atoms with Crippen LogP contribution in [0.4, 0.5) is 0 Å². The third kappa shape index (κ3) is 3.06. The van der Waals surface area contributed by atoms with Crippen LogP contribution in [0.25, 0.3) is 0 Å². The highest BCUT2D eigenvalue weighted by molar-refractivity contribution is 5.76. The summed E-state index contributed by atoms with van der Waals surface area (Å²) in [7, 11) is 1.84. The molecule has 1 aliphatic rings. The van der Waals surface area contributed by atoms with Gasteiger partial charge in [-0.1, -0.05) is 0 Å². The number of ether oxygens (including phenoxy) is 1. The van der Waals surface area contributed by atoms with Crippen molar-refractivity contribution in [3.05, 3.63) is 17.5 Å². The summed E-state index contributed by atoms with van der Waals surface area (Å²) in [6.45, 7) is 4.10. The number of H-pyrrole nitrogens is 1. The number of nitrogens with zero attached hydrogens (tertiary/aromatic N) is 2. The number of carbonyl (C=O) groups excluding carboxylic acids is 1. The van der Waals surface area contributed by atoms with Crippen molar-refractivity contribution < 1.29 is 9.53 Å². The summed E-state index contributed by atoms with van der Waals surface area (Å²) in [6, 6.07) is 0. The second-order valence-corrected chi connectivity index (χ2v) is 4.70. The standard InChI is InChI=1S/C12H19N3O2/c1-9-11(6-13-14-9)7-15(2)12(16)5-10-3-4-17-8-10/h6,10H,3-5,7-8H2,1-2H3,(H,13,14)/t10-/m1/s1. The average Bonchev–Trinajstić information content (AvgIpc) is 2.91. The number of carbonyl (C=O) groups is 1. The Morgan fingerprint density at radius 2 is 2.53 bits per heavy atom. The van der Waals surface area contributed by atoms with Gasteiger partial charge in [0.2, 0.25) is 5.91 Å². The average molecular weight is 237 g/mol. The lowest BCUT2D eigenvalue weighted by Gasteiger charge is -2.18. The maximum atomic E-state index is 12.0. The van der Waals surface area contributed by atoms with E-state index in [4.69, 9.17) is 4.74 Å². The minimum Gasteiger partial charge on any atom is -0.381 e. The number of hydrogen-bond acceptors (Lipinski definition) is 3. The van der Waals surface area contributed by atoms with Gasteiger partial charge in [-0.2, -0.15) is 5.10 Å². The predicted octanol–water partition coefficient (Wildman–Crippen LogP) is 1.10. The SMILES string of the molecule is Cc1[nH]ncc1CN(C)C(=O)C[C@H]1CCOC1. The van der Waals surface area contributed by atoms with Gasteiger partial charge in [0.05, 0.1) is 6.20 Å². The van der Waals surface area contributed by atoms with Crippen molar-refractivity contribution >= 4 is 5.91 Å². The molecule has 2 rings (SSSR count).